The van der Waals surface area contributed by atoms with Crippen LogP contribution in [0.3, 0.4) is 0 Å². The van der Waals surface area contributed by atoms with Gasteiger partial charge in [-0.3, -0.25) is 9.59 Å². The minimum atomic E-state index is -0.390. The van der Waals surface area contributed by atoms with E-state index in [1.807, 2.05) is 29.7 Å². The van der Waals surface area contributed by atoms with Gasteiger partial charge in [-0.05, 0) is 48.9 Å². The predicted molar refractivity (Wildman–Crippen MR) is 151 cm³/mol. The average molecular weight is 540 g/mol. The van der Waals surface area contributed by atoms with Crippen molar-refractivity contribution in [1.29, 1.82) is 0 Å². The third-order valence-corrected chi connectivity index (χ3v) is 7.13. The van der Waals surface area contributed by atoms with E-state index in [9.17, 15) is 9.59 Å². The molecule has 0 saturated carbocycles. The monoisotopic (exact) mass is 539 g/mol. The minimum absolute atomic E-state index is 0.116. The van der Waals surface area contributed by atoms with Crippen LogP contribution in [0.1, 0.15) is 60.5 Å². The van der Waals surface area contributed by atoms with Crippen LogP contribution < -0.4 is 10.6 Å². The number of carbonyl (C=O) groups excluding carboxylic acids is 2. The van der Waals surface area contributed by atoms with Crippen molar-refractivity contribution < 1.29 is 9.59 Å². The molecular weight excluding hydrogens is 506 g/mol. The largest absolute Gasteiger partial charge is 0.342 e. The fourth-order valence-corrected chi connectivity index (χ4v) is 5.03. The first-order valence-corrected chi connectivity index (χ1v) is 13.7. The van der Waals surface area contributed by atoms with E-state index in [2.05, 4.69) is 48.2 Å². The molecule has 2 aromatic carbocycles. The molecule has 0 aliphatic heterocycles. The Morgan fingerprint density at radius 2 is 1.92 bits per heavy atom. The van der Waals surface area contributed by atoms with Gasteiger partial charge in [-0.2, -0.15) is 0 Å². The van der Waals surface area contributed by atoms with E-state index < -0.39 is 6.04 Å². The SMILES string of the molecule is C=CCn1c(SCC(=O)Nc2c(C)cccc2CC)nnc1[C@H](CC(C)C)NC(=O)c1ccccc1Cl. The lowest BCUT2D eigenvalue weighted by atomic mass is 10.0. The maximum absolute atomic E-state index is 13.0. The molecular formula is C28H34ClN5O2S. The van der Waals surface area contributed by atoms with Crippen LogP contribution in [0.5, 0.6) is 0 Å². The molecule has 0 aliphatic carbocycles. The summed E-state index contributed by atoms with van der Waals surface area (Å²) in [5.41, 5.74) is 3.40. The standard InChI is InChI=1S/C28H34ClN5O2S/c1-6-15-34-26(23(16-18(3)4)30-27(36)21-13-8-9-14-22(21)29)32-33-28(34)37-17-24(35)31-25-19(5)11-10-12-20(25)7-2/h6,8-14,18,23H,1,7,15-17H2,2-5H3,(H,30,36)(H,31,35)/t23-/m0/s1. The molecule has 2 amide bonds. The van der Waals surface area contributed by atoms with Gasteiger partial charge in [0.25, 0.3) is 5.91 Å². The lowest BCUT2D eigenvalue weighted by molar-refractivity contribution is -0.113. The van der Waals surface area contributed by atoms with Crippen molar-refractivity contribution >= 4 is 40.9 Å². The highest BCUT2D eigenvalue weighted by Gasteiger charge is 2.25. The normalized spacial score (nSPS) is 11.8. The quantitative estimate of drug-likeness (QED) is 0.210. The number of nitrogens with zero attached hydrogens (tertiary/aromatic N) is 3. The maximum Gasteiger partial charge on any atom is 0.253 e. The Hall–Kier alpha value is -3.10. The highest BCUT2D eigenvalue weighted by Crippen LogP contribution is 2.27. The number of anilines is 1. The van der Waals surface area contributed by atoms with Crippen LogP contribution in [0.2, 0.25) is 5.02 Å². The van der Waals surface area contributed by atoms with E-state index in [1.165, 1.54) is 11.8 Å². The number of hydrogen-bond donors (Lipinski definition) is 2. The van der Waals surface area contributed by atoms with Crippen LogP contribution in [0, 0.1) is 12.8 Å². The predicted octanol–water partition coefficient (Wildman–Crippen LogP) is 6.24. The molecule has 0 aliphatic rings. The Morgan fingerprint density at radius 3 is 2.59 bits per heavy atom. The number of aromatic nitrogens is 3. The number of rotatable bonds is 12. The molecule has 0 spiro atoms. The molecule has 7 nitrogen and oxygen atoms in total. The number of benzene rings is 2. The summed E-state index contributed by atoms with van der Waals surface area (Å²) >= 11 is 7.55. The van der Waals surface area contributed by atoms with Crippen molar-refractivity contribution in [3.05, 3.63) is 82.7 Å². The molecule has 0 radical (unpaired) electrons. The first-order chi connectivity index (χ1) is 17.7. The first-order valence-electron chi connectivity index (χ1n) is 12.4. The Balaban J connectivity index is 1.80. The fourth-order valence-electron chi connectivity index (χ4n) is 4.05. The molecule has 37 heavy (non-hydrogen) atoms. The summed E-state index contributed by atoms with van der Waals surface area (Å²) in [5, 5.41) is 15.9. The second-order valence-electron chi connectivity index (χ2n) is 9.17. The van der Waals surface area contributed by atoms with Gasteiger partial charge in [-0.25, -0.2) is 0 Å². The van der Waals surface area contributed by atoms with Gasteiger partial charge in [0.1, 0.15) is 0 Å². The van der Waals surface area contributed by atoms with Gasteiger partial charge in [0, 0.05) is 12.2 Å². The third kappa shape index (κ3) is 7.46. The highest BCUT2D eigenvalue weighted by molar-refractivity contribution is 7.99. The third-order valence-electron chi connectivity index (χ3n) is 5.84. The summed E-state index contributed by atoms with van der Waals surface area (Å²) in [6.45, 7) is 12.5. The highest BCUT2D eigenvalue weighted by atomic mass is 35.5. The smallest absolute Gasteiger partial charge is 0.253 e. The van der Waals surface area contributed by atoms with Crippen molar-refractivity contribution in [3.8, 4) is 0 Å². The number of halogens is 1. The van der Waals surface area contributed by atoms with Gasteiger partial charge in [-0.15, -0.1) is 16.8 Å². The fraction of sp³-hybridized carbons (Fsp3) is 0.357. The molecule has 0 saturated heterocycles. The van der Waals surface area contributed by atoms with E-state index in [-0.39, 0.29) is 23.5 Å². The van der Waals surface area contributed by atoms with Gasteiger partial charge >= 0.3 is 0 Å². The van der Waals surface area contributed by atoms with Gasteiger partial charge < -0.3 is 15.2 Å². The second-order valence-corrected chi connectivity index (χ2v) is 10.5. The molecule has 1 aromatic heterocycles. The van der Waals surface area contributed by atoms with Crippen LogP contribution in [0.15, 0.2) is 60.3 Å². The number of para-hydroxylation sites is 1. The number of allylic oxidation sites excluding steroid dienone is 1. The van der Waals surface area contributed by atoms with E-state index in [1.54, 1.807) is 30.3 Å². The summed E-state index contributed by atoms with van der Waals surface area (Å²) < 4.78 is 1.90. The molecule has 3 aromatic rings. The average Bonchev–Trinajstić information content (AvgIpc) is 3.26. The van der Waals surface area contributed by atoms with E-state index >= 15 is 0 Å². The van der Waals surface area contributed by atoms with Gasteiger partial charge in [0.05, 0.1) is 22.4 Å². The molecule has 0 fully saturated rings. The van der Waals surface area contributed by atoms with Crippen LogP contribution in [-0.2, 0) is 17.8 Å². The summed E-state index contributed by atoms with van der Waals surface area (Å²) in [5.74, 6) is 0.684. The number of aryl methyl sites for hydroxylation is 2. The van der Waals surface area contributed by atoms with E-state index in [4.69, 9.17) is 11.6 Å². The summed E-state index contributed by atoms with van der Waals surface area (Å²) in [6, 6.07) is 12.6. The zero-order valence-corrected chi connectivity index (χ0v) is 23.3. The van der Waals surface area contributed by atoms with Gasteiger partial charge in [0.15, 0.2) is 11.0 Å². The van der Waals surface area contributed by atoms with Gasteiger partial charge in [-0.1, -0.05) is 80.5 Å². The number of hydrogen-bond acceptors (Lipinski definition) is 5. The number of thioether (sulfide) groups is 1. The van der Waals surface area contributed by atoms with E-state index in [0.29, 0.717) is 34.5 Å². The number of nitrogens with one attached hydrogen (secondary N) is 2. The van der Waals surface area contributed by atoms with Crippen molar-refractivity contribution in [3.63, 3.8) is 0 Å². The van der Waals surface area contributed by atoms with Crippen LogP contribution >= 0.6 is 23.4 Å². The van der Waals surface area contributed by atoms with Crippen molar-refractivity contribution in [1.82, 2.24) is 20.1 Å². The molecule has 1 heterocycles. The van der Waals surface area contributed by atoms with Crippen molar-refractivity contribution in [2.45, 2.75) is 58.3 Å². The van der Waals surface area contributed by atoms with Crippen LogP contribution in [0.25, 0.3) is 0 Å². The number of amides is 2. The summed E-state index contributed by atoms with van der Waals surface area (Å²) in [7, 11) is 0. The summed E-state index contributed by atoms with van der Waals surface area (Å²) in [4.78, 5) is 25.9. The zero-order valence-electron chi connectivity index (χ0n) is 21.8. The second kappa shape index (κ2) is 13.4. The van der Waals surface area contributed by atoms with Crippen molar-refractivity contribution in [2.75, 3.05) is 11.1 Å². The topological polar surface area (TPSA) is 88.9 Å². The zero-order chi connectivity index (χ0) is 26.9. The van der Waals surface area contributed by atoms with Crippen molar-refractivity contribution in [2.24, 2.45) is 5.92 Å². The molecule has 196 valence electrons. The van der Waals surface area contributed by atoms with Gasteiger partial charge in [0.2, 0.25) is 5.91 Å². The molecule has 0 unspecified atom stereocenters. The molecule has 9 heteroatoms. The maximum atomic E-state index is 13.0. The first kappa shape index (κ1) is 28.5. The molecule has 3 rings (SSSR count). The van der Waals surface area contributed by atoms with Crippen LogP contribution in [0.4, 0.5) is 5.69 Å². The molecule has 0 bridgehead atoms. The van der Waals surface area contributed by atoms with E-state index in [0.717, 1.165) is 23.2 Å². The lowest BCUT2D eigenvalue weighted by Crippen LogP contribution is -2.32. The van der Waals surface area contributed by atoms with Crippen LogP contribution in [-0.4, -0.2) is 32.3 Å². The Kier molecular flexibility index (Phi) is 10.3. The Bertz CT molecular complexity index is 1260. The Morgan fingerprint density at radius 1 is 1.16 bits per heavy atom. The molecule has 1 atom stereocenters. The lowest BCUT2D eigenvalue weighted by Gasteiger charge is -2.21. The summed E-state index contributed by atoms with van der Waals surface area (Å²) in [6.07, 6.45) is 3.24. The molecule has 2 N–H and O–H groups in total. The number of carbonyl (C=O) groups is 2. The minimum Gasteiger partial charge on any atom is -0.342 e. The Labute approximate surface area is 228 Å².